The smallest absolute Gasteiger partial charge is 0.259 e. The Morgan fingerprint density at radius 2 is 1.88 bits per heavy atom. The van der Waals surface area contributed by atoms with E-state index in [2.05, 4.69) is 64.1 Å². The highest BCUT2D eigenvalue weighted by Gasteiger charge is 2.40. The van der Waals surface area contributed by atoms with Gasteiger partial charge in [-0.1, -0.05) is 0 Å². The maximum Gasteiger partial charge on any atom is 0.259 e. The lowest BCUT2D eigenvalue weighted by molar-refractivity contribution is 0.0743. The van der Waals surface area contributed by atoms with Crippen LogP contribution in [0, 0.1) is 11.3 Å². The van der Waals surface area contributed by atoms with Crippen molar-refractivity contribution in [1.82, 2.24) is 9.57 Å². The molecule has 0 aromatic heterocycles. The molecule has 1 aliphatic rings. The van der Waals surface area contributed by atoms with Crippen LogP contribution in [0.5, 0.6) is 0 Å². The van der Waals surface area contributed by atoms with E-state index in [1.54, 1.807) is 0 Å². The fraction of sp³-hybridized carbons (Fsp3) is 0.944. The summed E-state index contributed by atoms with van der Waals surface area (Å²) in [5, 5.41) is 18.5. The number of nitrogens with zero attached hydrogens (tertiary/aromatic N) is 3. The van der Waals surface area contributed by atoms with Crippen LogP contribution in [0.25, 0.3) is 0 Å². The summed E-state index contributed by atoms with van der Waals surface area (Å²) in [6, 6.07) is 2.83. The van der Waals surface area contributed by atoms with Crippen LogP contribution < -0.4 is 0 Å². The summed E-state index contributed by atoms with van der Waals surface area (Å²) in [5.74, 6) is 0. The Bertz CT molecular complexity index is 426. The van der Waals surface area contributed by atoms with E-state index in [1.807, 2.05) is 0 Å². The molecule has 146 valence electrons. The molecule has 1 fully saturated rings. The van der Waals surface area contributed by atoms with Gasteiger partial charge in [-0.2, -0.15) is 5.26 Å². The molecule has 25 heavy (non-hydrogen) atoms. The largest absolute Gasteiger partial charge is 0.395 e. The lowest BCUT2D eigenvalue weighted by Gasteiger charge is -2.37. The zero-order chi connectivity index (χ0) is 19.2. The molecule has 0 amide bonds. The summed E-state index contributed by atoms with van der Waals surface area (Å²) in [6.45, 7) is 16.4. The van der Waals surface area contributed by atoms with E-state index in [0.717, 1.165) is 13.0 Å². The van der Waals surface area contributed by atoms with E-state index in [0.29, 0.717) is 25.1 Å². The van der Waals surface area contributed by atoms with Gasteiger partial charge in [0.2, 0.25) is 0 Å². The summed E-state index contributed by atoms with van der Waals surface area (Å²) < 4.78 is 14.6. The van der Waals surface area contributed by atoms with Crippen molar-refractivity contribution in [3.8, 4) is 6.07 Å². The highest BCUT2D eigenvalue weighted by molar-refractivity contribution is 7.44. The molecule has 1 N–H and O–H groups in total. The van der Waals surface area contributed by atoms with E-state index >= 15 is 0 Å². The normalized spacial score (nSPS) is 23.6. The number of aliphatic hydroxyl groups excluding tert-OH is 1. The Hall–Kier alpha value is -0.280. The van der Waals surface area contributed by atoms with Crippen LogP contribution in [0.2, 0.25) is 0 Å². The number of aliphatic hydroxyl groups is 1. The Morgan fingerprint density at radius 1 is 1.28 bits per heavy atom. The summed E-state index contributed by atoms with van der Waals surface area (Å²) >= 11 is 0. The van der Waals surface area contributed by atoms with Gasteiger partial charge < -0.3 is 14.2 Å². The molecule has 1 rings (SSSR count). The molecule has 7 heteroatoms. The van der Waals surface area contributed by atoms with Crippen molar-refractivity contribution in [2.75, 3.05) is 19.8 Å². The Balaban J connectivity index is 2.85. The van der Waals surface area contributed by atoms with Crippen LogP contribution in [-0.4, -0.2) is 64.2 Å². The number of rotatable bonds is 9. The van der Waals surface area contributed by atoms with Crippen molar-refractivity contribution >= 4 is 8.53 Å². The van der Waals surface area contributed by atoms with E-state index < -0.39 is 8.53 Å². The molecule has 0 saturated carbocycles. The minimum Gasteiger partial charge on any atom is -0.395 e. The van der Waals surface area contributed by atoms with Crippen molar-refractivity contribution < 1.29 is 14.2 Å². The number of hydrogen-bond donors (Lipinski definition) is 1. The van der Waals surface area contributed by atoms with Crippen molar-refractivity contribution in [3.05, 3.63) is 0 Å². The molecule has 0 radical (unpaired) electrons. The van der Waals surface area contributed by atoms with E-state index in [1.165, 1.54) is 0 Å². The Kier molecular flexibility index (Phi) is 9.25. The lowest BCUT2D eigenvalue weighted by Crippen LogP contribution is -2.46. The summed E-state index contributed by atoms with van der Waals surface area (Å²) in [6.07, 6.45) is 1.20. The van der Waals surface area contributed by atoms with Gasteiger partial charge in [0.1, 0.15) is 0 Å². The first-order chi connectivity index (χ1) is 11.6. The third-order valence-corrected chi connectivity index (χ3v) is 6.53. The zero-order valence-corrected chi connectivity index (χ0v) is 17.8. The average Bonchev–Trinajstić information content (AvgIpc) is 2.89. The number of nitriles is 1. The van der Waals surface area contributed by atoms with Crippen LogP contribution in [-0.2, 0) is 9.05 Å². The van der Waals surface area contributed by atoms with Crippen LogP contribution in [0.4, 0.5) is 0 Å². The molecule has 0 spiro atoms. The van der Waals surface area contributed by atoms with Gasteiger partial charge in [-0.15, -0.1) is 0 Å². The third kappa shape index (κ3) is 6.75. The molecule has 1 unspecified atom stereocenters. The lowest BCUT2D eigenvalue weighted by atomic mass is 10.1. The quantitative estimate of drug-likeness (QED) is 0.493. The van der Waals surface area contributed by atoms with Gasteiger partial charge in [-0.25, -0.2) is 4.67 Å². The minimum absolute atomic E-state index is 0.00822. The molecule has 6 nitrogen and oxygen atoms in total. The fourth-order valence-corrected chi connectivity index (χ4v) is 5.08. The second kappa shape index (κ2) is 10.2. The zero-order valence-electron chi connectivity index (χ0n) is 16.9. The second-order valence-corrected chi connectivity index (χ2v) is 9.58. The van der Waals surface area contributed by atoms with Crippen LogP contribution in [0.15, 0.2) is 0 Å². The molecule has 0 bridgehead atoms. The molecule has 0 aliphatic carbocycles. The van der Waals surface area contributed by atoms with Gasteiger partial charge in [0.25, 0.3) is 8.53 Å². The molecule has 1 heterocycles. The molecular weight excluding hydrogens is 337 g/mol. The van der Waals surface area contributed by atoms with Crippen molar-refractivity contribution in [2.45, 2.75) is 91.1 Å². The van der Waals surface area contributed by atoms with Crippen LogP contribution in [0.1, 0.15) is 61.3 Å². The van der Waals surface area contributed by atoms with Gasteiger partial charge in [0.15, 0.2) is 0 Å². The standard InChI is InChI=1S/C18H36N3O3P/c1-14(2)21(15(3)4)25(23-10-8-9-19)24-17-11-16(13-22)20(12-17)18(5,6)7/h14-17,22H,8,10-13H2,1-7H3/t16-,17+,25?/m0/s1. The van der Waals surface area contributed by atoms with Gasteiger partial charge in [-0.05, 0) is 54.9 Å². The molecule has 1 saturated heterocycles. The first-order valence-corrected chi connectivity index (χ1v) is 10.4. The average molecular weight is 373 g/mol. The maximum atomic E-state index is 9.74. The monoisotopic (exact) mass is 373 g/mol. The van der Waals surface area contributed by atoms with Gasteiger partial charge in [-0.3, -0.25) is 4.90 Å². The highest BCUT2D eigenvalue weighted by Crippen LogP contribution is 2.48. The summed E-state index contributed by atoms with van der Waals surface area (Å²) in [5.41, 5.74) is -0.00822. The second-order valence-electron chi connectivity index (χ2n) is 8.17. The predicted octanol–water partition coefficient (Wildman–Crippen LogP) is 3.51. The summed E-state index contributed by atoms with van der Waals surface area (Å²) in [4.78, 5) is 2.32. The predicted molar refractivity (Wildman–Crippen MR) is 102 cm³/mol. The van der Waals surface area contributed by atoms with Crippen molar-refractivity contribution in [3.63, 3.8) is 0 Å². The van der Waals surface area contributed by atoms with Gasteiger partial charge in [0.05, 0.1) is 31.8 Å². The molecule has 0 aromatic rings. The highest BCUT2D eigenvalue weighted by atomic mass is 31.2. The van der Waals surface area contributed by atoms with Crippen molar-refractivity contribution in [2.24, 2.45) is 0 Å². The van der Waals surface area contributed by atoms with Gasteiger partial charge in [0, 0.05) is 30.2 Å². The first kappa shape index (κ1) is 22.8. The molecule has 3 atom stereocenters. The SMILES string of the molecule is CC(C)N(C(C)C)P(OCCC#N)O[C@@H]1C[C@@H](CO)N(C(C)(C)C)C1. The van der Waals surface area contributed by atoms with Gasteiger partial charge >= 0.3 is 0 Å². The third-order valence-electron chi connectivity index (χ3n) is 4.35. The molecular formula is C18H36N3O3P. The number of hydrogen-bond acceptors (Lipinski definition) is 6. The topological polar surface area (TPSA) is 69.0 Å². The van der Waals surface area contributed by atoms with E-state index in [-0.39, 0.29) is 24.3 Å². The fourth-order valence-electron chi connectivity index (χ4n) is 3.37. The van der Waals surface area contributed by atoms with E-state index in [4.69, 9.17) is 14.3 Å². The summed E-state index contributed by atoms with van der Waals surface area (Å²) in [7, 11) is -1.23. The van der Waals surface area contributed by atoms with Crippen molar-refractivity contribution in [1.29, 1.82) is 5.26 Å². The first-order valence-electron chi connectivity index (χ1n) is 9.24. The molecule has 1 aliphatic heterocycles. The Labute approximate surface area is 155 Å². The maximum absolute atomic E-state index is 9.74. The number of likely N-dealkylation sites (tertiary alicyclic amines) is 1. The molecule has 0 aromatic carbocycles. The van der Waals surface area contributed by atoms with Crippen LogP contribution >= 0.6 is 8.53 Å². The van der Waals surface area contributed by atoms with E-state index in [9.17, 15) is 5.11 Å². The Morgan fingerprint density at radius 3 is 2.28 bits per heavy atom. The minimum atomic E-state index is -1.23. The van der Waals surface area contributed by atoms with Crippen LogP contribution in [0.3, 0.4) is 0 Å².